The van der Waals surface area contributed by atoms with E-state index in [0.29, 0.717) is 28.2 Å². The fourth-order valence-corrected chi connectivity index (χ4v) is 3.14. The van der Waals surface area contributed by atoms with Gasteiger partial charge in [0.15, 0.2) is 17.2 Å². The number of carbonyl (C=O) groups excluding carboxylic acids is 2. The number of nitrogens with zero attached hydrogens (tertiary/aromatic N) is 1. The Morgan fingerprint density at radius 2 is 1.71 bits per heavy atom. The molecule has 3 aromatic carbocycles. The van der Waals surface area contributed by atoms with Crippen LogP contribution in [-0.4, -0.2) is 24.6 Å². The first-order chi connectivity index (χ1) is 15.2. The third-order valence-corrected chi connectivity index (χ3v) is 4.66. The van der Waals surface area contributed by atoms with Crippen molar-refractivity contribution in [1.82, 2.24) is 0 Å². The zero-order valence-electron chi connectivity index (χ0n) is 16.1. The van der Waals surface area contributed by atoms with Crippen molar-refractivity contribution in [2.75, 3.05) is 6.79 Å². The number of ether oxygens (including phenoxy) is 4. The maximum atomic E-state index is 12.6. The lowest BCUT2D eigenvalue weighted by molar-refractivity contribution is -0.129. The number of hydrogen-bond donors (Lipinski definition) is 0. The van der Waals surface area contributed by atoms with Crippen molar-refractivity contribution in [3.8, 4) is 17.2 Å². The number of aliphatic imine (C=N–C) groups is 1. The first-order valence-corrected chi connectivity index (χ1v) is 9.46. The predicted octanol–water partition coefficient (Wildman–Crippen LogP) is 3.98. The Balaban J connectivity index is 1.41. The first-order valence-electron chi connectivity index (χ1n) is 9.46. The molecule has 7 nitrogen and oxygen atoms in total. The number of rotatable bonds is 4. The summed E-state index contributed by atoms with van der Waals surface area (Å²) >= 11 is 0. The van der Waals surface area contributed by atoms with Crippen LogP contribution in [0.25, 0.3) is 6.08 Å². The van der Waals surface area contributed by atoms with Gasteiger partial charge in [-0.1, -0.05) is 36.4 Å². The van der Waals surface area contributed by atoms with Gasteiger partial charge in [-0.15, -0.1) is 0 Å². The quantitative estimate of drug-likeness (QED) is 0.366. The van der Waals surface area contributed by atoms with Gasteiger partial charge in [-0.2, -0.15) is 0 Å². The molecule has 0 aliphatic carbocycles. The first kappa shape index (κ1) is 18.6. The Kier molecular flexibility index (Phi) is 4.68. The molecule has 2 heterocycles. The van der Waals surface area contributed by atoms with Crippen LogP contribution >= 0.6 is 0 Å². The van der Waals surface area contributed by atoms with E-state index in [1.165, 1.54) is 6.08 Å². The number of hydrogen-bond acceptors (Lipinski definition) is 7. The molecule has 31 heavy (non-hydrogen) atoms. The second-order valence-corrected chi connectivity index (χ2v) is 6.70. The standard InChI is InChI=1S/C24H15NO6/c26-23(17-10-11-20-21(13-17)29-14-28-20)30-19-9-5-4-8-16(19)12-18-24(27)31-22(25-18)15-6-2-1-3-7-15/h1-13H,14H2/b18-12-. The third-order valence-electron chi connectivity index (χ3n) is 4.66. The minimum absolute atomic E-state index is 0.116. The van der Waals surface area contributed by atoms with E-state index >= 15 is 0 Å². The largest absolute Gasteiger partial charge is 0.454 e. The van der Waals surface area contributed by atoms with Crippen LogP contribution in [0.3, 0.4) is 0 Å². The summed E-state index contributed by atoms with van der Waals surface area (Å²) in [6.45, 7) is 0.117. The van der Waals surface area contributed by atoms with Crippen LogP contribution in [0.1, 0.15) is 21.5 Å². The van der Waals surface area contributed by atoms with E-state index in [0.717, 1.165) is 0 Å². The highest BCUT2D eigenvalue weighted by molar-refractivity contribution is 6.13. The van der Waals surface area contributed by atoms with Gasteiger partial charge in [-0.3, -0.25) is 0 Å². The van der Waals surface area contributed by atoms with E-state index in [9.17, 15) is 9.59 Å². The van der Waals surface area contributed by atoms with E-state index < -0.39 is 11.9 Å². The Labute approximate surface area is 177 Å². The second kappa shape index (κ2) is 7.79. The van der Waals surface area contributed by atoms with Gasteiger partial charge in [0, 0.05) is 11.1 Å². The van der Waals surface area contributed by atoms with Crippen LogP contribution in [0.5, 0.6) is 17.2 Å². The summed E-state index contributed by atoms with van der Waals surface area (Å²) in [4.78, 5) is 29.2. The minimum Gasteiger partial charge on any atom is -0.454 e. The van der Waals surface area contributed by atoms with Crippen molar-refractivity contribution in [3.05, 3.63) is 95.2 Å². The van der Waals surface area contributed by atoms with Crippen LogP contribution in [-0.2, 0) is 9.53 Å². The maximum absolute atomic E-state index is 12.6. The molecule has 152 valence electrons. The highest BCUT2D eigenvalue weighted by atomic mass is 16.7. The molecule has 0 aromatic heterocycles. The molecule has 7 heteroatoms. The zero-order valence-corrected chi connectivity index (χ0v) is 16.1. The molecule has 0 saturated carbocycles. The van der Waals surface area contributed by atoms with Crippen LogP contribution in [0.2, 0.25) is 0 Å². The lowest BCUT2D eigenvalue weighted by atomic mass is 10.1. The Morgan fingerprint density at radius 1 is 0.935 bits per heavy atom. The van der Waals surface area contributed by atoms with Crippen molar-refractivity contribution in [2.24, 2.45) is 4.99 Å². The Bertz CT molecular complexity index is 1250. The molecule has 5 rings (SSSR count). The molecule has 0 bridgehead atoms. The summed E-state index contributed by atoms with van der Waals surface area (Å²) in [6.07, 6.45) is 1.53. The molecular weight excluding hydrogens is 398 g/mol. The number of fused-ring (bicyclic) bond motifs is 1. The van der Waals surface area contributed by atoms with Crippen LogP contribution in [0.15, 0.2) is 83.5 Å². The van der Waals surface area contributed by atoms with Crippen molar-refractivity contribution in [3.63, 3.8) is 0 Å². The van der Waals surface area contributed by atoms with Gasteiger partial charge in [0.05, 0.1) is 5.56 Å². The van der Waals surface area contributed by atoms with Crippen molar-refractivity contribution >= 4 is 23.9 Å². The Hall–Kier alpha value is -4.39. The van der Waals surface area contributed by atoms with E-state index in [-0.39, 0.29) is 24.1 Å². The van der Waals surface area contributed by atoms with E-state index in [4.69, 9.17) is 18.9 Å². The molecule has 0 radical (unpaired) electrons. The van der Waals surface area contributed by atoms with Gasteiger partial charge in [-0.05, 0) is 42.5 Å². The van der Waals surface area contributed by atoms with Gasteiger partial charge < -0.3 is 18.9 Å². The average molecular weight is 413 g/mol. The lowest BCUT2D eigenvalue weighted by Crippen LogP contribution is -2.09. The number of benzene rings is 3. The van der Waals surface area contributed by atoms with Crippen LogP contribution in [0, 0.1) is 0 Å². The molecule has 0 atom stereocenters. The minimum atomic E-state index is -0.573. The predicted molar refractivity (Wildman–Crippen MR) is 111 cm³/mol. The van der Waals surface area contributed by atoms with E-state index in [2.05, 4.69) is 4.99 Å². The fraction of sp³-hybridized carbons (Fsp3) is 0.0417. The molecule has 0 fully saturated rings. The van der Waals surface area contributed by atoms with Gasteiger partial charge >= 0.3 is 11.9 Å². The lowest BCUT2D eigenvalue weighted by Gasteiger charge is -2.08. The van der Waals surface area contributed by atoms with E-state index in [1.54, 1.807) is 54.6 Å². The van der Waals surface area contributed by atoms with Crippen molar-refractivity contribution in [2.45, 2.75) is 0 Å². The molecule has 0 unspecified atom stereocenters. The summed E-state index contributed by atoms with van der Waals surface area (Å²) in [5.41, 5.74) is 1.64. The summed E-state index contributed by atoms with van der Waals surface area (Å²) in [5, 5.41) is 0. The molecule has 0 saturated heterocycles. The number of para-hydroxylation sites is 1. The fourth-order valence-electron chi connectivity index (χ4n) is 3.14. The number of cyclic esters (lactones) is 1. The molecule has 0 amide bonds. The SMILES string of the molecule is O=C1OC(c2ccccc2)=N/C1=C\c1ccccc1OC(=O)c1ccc2c(c1)OCO2. The molecular formula is C24H15NO6. The zero-order chi connectivity index (χ0) is 21.2. The third kappa shape index (κ3) is 3.76. The summed E-state index contributed by atoms with van der Waals surface area (Å²) in [7, 11) is 0. The molecule has 2 aliphatic heterocycles. The number of esters is 2. The normalized spacial score (nSPS) is 15.5. The van der Waals surface area contributed by atoms with E-state index in [1.807, 2.05) is 18.2 Å². The monoisotopic (exact) mass is 413 g/mol. The topological polar surface area (TPSA) is 83.4 Å². The highest BCUT2D eigenvalue weighted by Gasteiger charge is 2.25. The average Bonchev–Trinajstić information content (AvgIpc) is 3.41. The molecule has 0 spiro atoms. The number of carbonyl (C=O) groups is 2. The van der Waals surface area contributed by atoms with Gasteiger partial charge in [0.25, 0.3) is 0 Å². The second-order valence-electron chi connectivity index (χ2n) is 6.70. The maximum Gasteiger partial charge on any atom is 0.363 e. The van der Waals surface area contributed by atoms with Crippen LogP contribution in [0.4, 0.5) is 0 Å². The molecule has 2 aliphatic rings. The summed E-state index contributed by atoms with van der Waals surface area (Å²) in [6, 6.07) is 20.8. The van der Waals surface area contributed by atoms with Gasteiger partial charge in [-0.25, -0.2) is 14.6 Å². The summed E-state index contributed by atoms with van der Waals surface area (Å²) in [5.74, 6) is 0.442. The van der Waals surface area contributed by atoms with Gasteiger partial charge in [0.1, 0.15) is 5.75 Å². The van der Waals surface area contributed by atoms with Crippen LogP contribution < -0.4 is 14.2 Å². The van der Waals surface area contributed by atoms with Crippen molar-refractivity contribution < 1.29 is 28.5 Å². The molecule has 0 N–H and O–H groups in total. The molecule has 3 aromatic rings. The Morgan fingerprint density at radius 3 is 2.58 bits per heavy atom. The smallest absolute Gasteiger partial charge is 0.363 e. The van der Waals surface area contributed by atoms with Crippen molar-refractivity contribution in [1.29, 1.82) is 0 Å². The summed E-state index contributed by atoms with van der Waals surface area (Å²) < 4.78 is 21.4. The highest BCUT2D eigenvalue weighted by Crippen LogP contribution is 2.33. The van der Waals surface area contributed by atoms with Gasteiger partial charge in [0.2, 0.25) is 12.7 Å².